The van der Waals surface area contributed by atoms with Gasteiger partial charge in [-0.05, 0) is 56.1 Å². The van der Waals surface area contributed by atoms with Gasteiger partial charge in [-0.2, -0.15) is 0 Å². The van der Waals surface area contributed by atoms with Crippen molar-refractivity contribution in [2.45, 2.75) is 19.6 Å². The number of rotatable bonds is 18. The summed E-state index contributed by atoms with van der Waals surface area (Å²) in [7, 11) is 6.07. The Kier molecular flexibility index (Phi) is 14.7. The maximum atomic E-state index is 11.4. The molecule has 0 bridgehead atoms. The van der Waals surface area contributed by atoms with Crippen LogP contribution in [0.4, 0.5) is 0 Å². The lowest BCUT2D eigenvalue weighted by Gasteiger charge is -2.22. The molecule has 0 aliphatic carbocycles. The molecule has 0 heterocycles. The van der Waals surface area contributed by atoms with E-state index in [0.717, 1.165) is 19.6 Å². The van der Waals surface area contributed by atoms with E-state index in [1.165, 1.54) is 34.9 Å². The van der Waals surface area contributed by atoms with Crippen LogP contribution in [0.5, 0.6) is 0 Å². The summed E-state index contributed by atoms with van der Waals surface area (Å²) >= 11 is 0. The monoisotopic (exact) mass is 498 g/mol. The van der Waals surface area contributed by atoms with Gasteiger partial charge in [0.25, 0.3) is 0 Å². The minimum atomic E-state index is -0.174. The van der Waals surface area contributed by atoms with Gasteiger partial charge >= 0.3 is 0 Å². The molecular weight excluding hydrogens is 456 g/mol. The second kappa shape index (κ2) is 17.2. The zero-order chi connectivity index (χ0) is 26.9. The third-order valence-electron chi connectivity index (χ3n) is 5.40. The molecule has 0 unspecified atom stereocenters. The lowest BCUT2D eigenvalue weighted by molar-refractivity contribution is -0.117. The highest BCUT2D eigenvalue weighted by molar-refractivity contribution is 5.87. The molecule has 1 aromatic rings. The van der Waals surface area contributed by atoms with Crippen LogP contribution in [0, 0.1) is 0 Å². The summed E-state index contributed by atoms with van der Waals surface area (Å²) in [5, 5.41) is 8.41. The number of nitrogens with zero attached hydrogens (tertiary/aromatic N) is 3. The largest absolute Gasteiger partial charge is 0.351 e. The molecule has 1 rings (SSSR count). The summed E-state index contributed by atoms with van der Waals surface area (Å²) in [6.45, 7) is 16.4. The van der Waals surface area contributed by atoms with E-state index in [4.69, 9.17) is 0 Å². The summed E-state index contributed by atoms with van der Waals surface area (Å²) < 4.78 is 0. The first kappa shape index (κ1) is 30.8. The van der Waals surface area contributed by atoms with E-state index >= 15 is 0 Å². The zero-order valence-electron chi connectivity index (χ0n) is 22.0. The second-order valence-corrected chi connectivity index (χ2v) is 8.86. The number of hydrogen-bond acceptors (Lipinski definition) is 6. The minimum Gasteiger partial charge on any atom is -0.351 e. The van der Waals surface area contributed by atoms with Crippen molar-refractivity contribution < 1.29 is 14.4 Å². The van der Waals surface area contributed by atoms with Crippen molar-refractivity contribution >= 4 is 17.7 Å². The fourth-order valence-corrected chi connectivity index (χ4v) is 3.61. The molecule has 0 fully saturated rings. The molecule has 1 aromatic carbocycles. The van der Waals surface area contributed by atoms with E-state index < -0.39 is 0 Å². The van der Waals surface area contributed by atoms with Crippen LogP contribution < -0.4 is 16.0 Å². The van der Waals surface area contributed by atoms with Crippen molar-refractivity contribution in [1.29, 1.82) is 0 Å². The Labute approximate surface area is 215 Å². The molecule has 198 valence electrons. The van der Waals surface area contributed by atoms with Gasteiger partial charge in [0.1, 0.15) is 0 Å². The molecule has 9 heteroatoms. The average Bonchev–Trinajstić information content (AvgIpc) is 2.83. The van der Waals surface area contributed by atoms with Crippen LogP contribution in [0.3, 0.4) is 0 Å². The van der Waals surface area contributed by atoms with Gasteiger partial charge in [0, 0.05) is 58.9 Å². The van der Waals surface area contributed by atoms with Gasteiger partial charge in [0.15, 0.2) is 0 Å². The van der Waals surface area contributed by atoms with Gasteiger partial charge in [-0.3, -0.25) is 14.4 Å². The van der Waals surface area contributed by atoms with Crippen molar-refractivity contribution in [3.8, 4) is 0 Å². The van der Waals surface area contributed by atoms with Crippen LogP contribution in [-0.2, 0) is 34.0 Å². The van der Waals surface area contributed by atoms with E-state index in [-0.39, 0.29) is 17.7 Å². The molecule has 3 N–H and O–H groups in total. The Morgan fingerprint density at radius 2 is 0.861 bits per heavy atom. The lowest BCUT2D eigenvalue weighted by Crippen LogP contribution is -2.32. The fourth-order valence-electron chi connectivity index (χ4n) is 3.61. The molecule has 9 nitrogen and oxygen atoms in total. The summed E-state index contributed by atoms with van der Waals surface area (Å²) in [6.07, 6.45) is 3.82. The smallest absolute Gasteiger partial charge is 0.243 e. The van der Waals surface area contributed by atoms with Crippen LogP contribution in [0.15, 0.2) is 56.2 Å². The summed E-state index contributed by atoms with van der Waals surface area (Å²) in [5.41, 5.74) is 3.55. The first-order chi connectivity index (χ1) is 17.2. The highest BCUT2D eigenvalue weighted by atomic mass is 16.2. The van der Waals surface area contributed by atoms with Crippen molar-refractivity contribution in [2.75, 3.05) is 60.4 Å². The second-order valence-electron chi connectivity index (χ2n) is 8.86. The molecule has 0 atom stereocenters. The lowest BCUT2D eigenvalue weighted by atomic mass is 10.0. The molecule has 0 aliphatic rings. The van der Waals surface area contributed by atoms with Gasteiger partial charge in [0.05, 0.1) is 0 Å². The normalized spacial score (nSPS) is 10.8. The molecule has 0 spiro atoms. The standard InChI is InChI=1S/C27H42N6O3/c1-7-25(34)28-10-13-31(4)19-22-16-23(20-32(5)14-11-29-26(35)8-2)18-24(17-22)21-33(6)15-12-30-27(36)9-3/h7-9,16-18H,1-3,10-15,19-21H2,4-6H3,(H,28,34)(H,29,35)(H,30,36). The predicted molar refractivity (Wildman–Crippen MR) is 145 cm³/mol. The first-order valence-corrected chi connectivity index (χ1v) is 12.0. The Morgan fingerprint density at radius 3 is 1.08 bits per heavy atom. The van der Waals surface area contributed by atoms with Crippen LogP contribution in [-0.4, -0.2) is 92.8 Å². The number of nitrogens with one attached hydrogen (secondary N) is 3. The minimum absolute atomic E-state index is 0.174. The van der Waals surface area contributed by atoms with Gasteiger partial charge in [0.2, 0.25) is 17.7 Å². The zero-order valence-corrected chi connectivity index (χ0v) is 22.0. The Morgan fingerprint density at radius 1 is 0.611 bits per heavy atom. The Hall–Kier alpha value is -3.27. The third kappa shape index (κ3) is 13.6. The highest BCUT2D eigenvalue weighted by Crippen LogP contribution is 2.15. The quantitative estimate of drug-likeness (QED) is 0.260. The molecule has 0 aliphatic heterocycles. The number of benzene rings is 1. The van der Waals surface area contributed by atoms with E-state index in [2.05, 4.69) is 68.6 Å². The van der Waals surface area contributed by atoms with E-state index in [1.54, 1.807) is 0 Å². The first-order valence-electron chi connectivity index (χ1n) is 12.0. The predicted octanol–water partition coefficient (Wildman–Crippen LogP) is 0.889. The number of carbonyl (C=O) groups excluding carboxylic acids is 3. The van der Waals surface area contributed by atoms with Crippen molar-refractivity contribution in [1.82, 2.24) is 30.7 Å². The number of amides is 3. The number of hydrogen-bond donors (Lipinski definition) is 3. The van der Waals surface area contributed by atoms with Crippen molar-refractivity contribution in [3.63, 3.8) is 0 Å². The van der Waals surface area contributed by atoms with Gasteiger partial charge < -0.3 is 30.7 Å². The van der Waals surface area contributed by atoms with Gasteiger partial charge in [-0.1, -0.05) is 37.9 Å². The summed E-state index contributed by atoms with van der Waals surface area (Å²) in [6, 6.07) is 6.60. The van der Waals surface area contributed by atoms with Gasteiger partial charge in [-0.25, -0.2) is 0 Å². The molecule has 36 heavy (non-hydrogen) atoms. The molecule has 0 radical (unpaired) electrons. The average molecular weight is 499 g/mol. The molecule has 0 aromatic heterocycles. The SMILES string of the molecule is C=CC(=O)NCCN(C)Cc1cc(CN(C)CCNC(=O)C=C)cc(CN(C)CCNC(=O)C=C)c1. The maximum Gasteiger partial charge on any atom is 0.243 e. The van der Waals surface area contributed by atoms with Crippen LogP contribution >= 0.6 is 0 Å². The Balaban J connectivity index is 2.85. The summed E-state index contributed by atoms with van der Waals surface area (Å²) in [5.74, 6) is -0.521. The van der Waals surface area contributed by atoms with Crippen LogP contribution in [0.25, 0.3) is 0 Å². The molecular formula is C27H42N6O3. The molecule has 0 saturated carbocycles. The van der Waals surface area contributed by atoms with Gasteiger partial charge in [-0.15, -0.1) is 0 Å². The maximum absolute atomic E-state index is 11.4. The van der Waals surface area contributed by atoms with E-state index in [9.17, 15) is 14.4 Å². The highest BCUT2D eigenvalue weighted by Gasteiger charge is 2.10. The van der Waals surface area contributed by atoms with E-state index in [1.807, 2.05) is 21.1 Å². The van der Waals surface area contributed by atoms with Crippen molar-refractivity contribution in [3.05, 3.63) is 72.9 Å². The van der Waals surface area contributed by atoms with Crippen LogP contribution in [0.1, 0.15) is 16.7 Å². The van der Waals surface area contributed by atoms with Crippen LogP contribution in [0.2, 0.25) is 0 Å². The van der Waals surface area contributed by atoms with Crippen molar-refractivity contribution in [2.24, 2.45) is 0 Å². The number of carbonyl (C=O) groups is 3. The van der Waals surface area contributed by atoms with E-state index in [0.29, 0.717) is 39.3 Å². The summed E-state index contributed by atoms with van der Waals surface area (Å²) in [4.78, 5) is 40.7. The molecule has 0 saturated heterocycles. The Bertz CT molecular complexity index is 775. The molecule has 3 amide bonds. The number of likely N-dealkylation sites (N-methyl/N-ethyl adjacent to an activating group) is 3. The topological polar surface area (TPSA) is 97.0 Å². The third-order valence-corrected chi connectivity index (χ3v) is 5.40. The fraction of sp³-hybridized carbons (Fsp3) is 0.444.